The number of piperazine rings is 1. The fourth-order valence-corrected chi connectivity index (χ4v) is 2.61. The Morgan fingerprint density at radius 2 is 1.82 bits per heavy atom. The Balaban J connectivity index is 0.00000220. The third-order valence-corrected chi connectivity index (χ3v) is 3.75. The first kappa shape index (κ1) is 21.5. The predicted octanol–water partition coefficient (Wildman–Crippen LogP) is 4.33. The van der Waals surface area contributed by atoms with Crippen LogP contribution in [0.5, 0.6) is 0 Å². The fourth-order valence-electron chi connectivity index (χ4n) is 2.38. The van der Waals surface area contributed by atoms with Crippen molar-refractivity contribution in [3.63, 3.8) is 0 Å². The van der Waals surface area contributed by atoms with Gasteiger partial charge in [-0.2, -0.15) is 13.2 Å². The minimum Gasteiger partial charge on any atom is -0.314 e. The van der Waals surface area contributed by atoms with Gasteiger partial charge < -0.3 is 5.32 Å². The van der Waals surface area contributed by atoms with E-state index in [9.17, 15) is 13.2 Å². The summed E-state index contributed by atoms with van der Waals surface area (Å²) in [7, 11) is 0. The molecule has 0 bridgehead atoms. The Bertz CT molecular complexity index is 489. The largest absolute Gasteiger partial charge is 0.416 e. The van der Waals surface area contributed by atoms with Crippen molar-refractivity contribution in [2.45, 2.75) is 12.2 Å². The van der Waals surface area contributed by atoms with Gasteiger partial charge in [0, 0.05) is 31.2 Å². The van der Waals surface area contributed by atoms with Crippen molar-refractivity contribution in [3.8, 4) is 0 Å². The Morgan fingerprint density at radius 1 is 1.23 bits per heavy atom. The molecule has 1 aromatic rings. The zero-order valence-corrected chi connectivity index (χ0v) is 14.1. The maximum atomic E-state index is 12.8. The van der Waals surface area contributed by atoms with Crippen LogP contribution in [-0.4, -0.2) is 31.1 Å². The van der Waals surface area contributed by atoms with E-state index in [1.807, 2.05) is 0 Å². The maximum absolute atomic E-state index is 12.8. The summed E-state index contributed by atoms with van der Waals surface area (Å²) in [6, 6.07) is 3.13. The zero-order valence-electron chi connectivity index (χ0n) is 11.7. The minimum absolute atomic E-state index is 0. The lowest BCUT2D eigenvalue weighted by molar-refractivity contribution is -0.137. The standard InChI is InChI=1S/C14H16ClF3N2.2ClH/c1-2-13(20-7-5-19-6-8-20)11-9-10(14(16,17)18)3-4-12(11)15;;/h2-4,9,13,19H,1,5-8H2;2*1H/t13-;;/m1../s1. The molecule has 0 aliphatic carbocycles. The van der Waals surface area contributed by atoms with Crippen LogP contribution in [0.2, 0.25) is 5.02 Å². The predicted molar refractivity (Wildman–Crippen MR) is 88.3 cm³/mol. The van der Waals surface area contributed by atoms with E-state index in [4.69, 9.17) is 11.6 Å². The molecule has 0 spiro atoms. The van der Waals surface area contributed by atoms with Crippen LogP contribution in [-0.2, 0) is 6.18 Å². The molecule has 8 heteroatoms. The summed E-state index contributed by atoms with van der Waals surface area (Å²) >= 11 is 6.08. The number of hydrogen-bond acceptors (Lipinski definition) is 2. The van der Waals surface area contributed by atoms with Crippen molar-refractivity contribution in [2.75, 3.05) is 26.2 Å². The highest BCUT2D eigenvalue weighted by atomic mass is 35.5. The van der Waals surface area contributed by atoms with Crippen LogP contribution in [0.4, 0.5) is 13.2 Å². The molecular weight excluding hydrogens is 360 g/mol. The molecule has 1 aliphatic rings. The van der Waals surface area contributed by atoms with Gasteiger partial charge in [-0.1, -0.05) is 17.7 Å². The molecular formula is C14H18Cl3F3N2. The van der Waals surface area contributed by atoms with E-state index in [-0.39, 0.29) is 30.9 Å². The molecule has 2 rings (SSSR count). The number of nitrogens with one attached hydrogen (secondary N) is 1. The van der Waals surface area contributed by atoms with Crippen molar-refractivity contribution in [1.82, 2.24) is 10.2 Å². The molecule has 1 aromatic carbocycles. The number of nitrogens with zero attached hydrogens (tertiary/aromatic N) is 1. The summed E-state index contributed by atoms with van der Waals surface area (Å²) in [5.74, 6) is 0. The van der Waals surface area contributed by atoms with E-state index >= 15 is 0 Å². The highest BCUT2D eigenvalue weighted by Crippen LogP contribution is 2.35. The van der Waals surface area contributed by atoms with Crippen LogP contribution >= 0.6 is 36.4 Å². The third-order valence-electron chi connectivity index (χ3n) is 3.41. The fraction of sp³-hybridized carbons (Fsp3) is 0.429. The molecule has 1 aliphatic heterocycles. The molecule has 2 nitrogen and oxygen atoms in total. The number of halogens is 6. The highest BCUT2D eigenvalue weighted by molar-refractivity contribution is 6.31. The molecule has 0 amide bonds. The molecule has 1 atom stereocenters. The Morgan fingerprint density at radius 3 is 2.32 bits per heavy atom. The summed E-state index contributed by atoms with van der Waals surface area (Å²) < 4.78 is 38.4. The summed E-state index contributed by atoms with van der Waals surface area (Å²) in [5, 5.41) is 3.54. The molecule has 0 saturated carbocycles. The SMILES string of the molecule is C=C[C@H](c1cc(C(F)(F)F)ccc1Cl)N1CCNCC1.Cl.Cl. The van der Waals surface area contributed by atoms with Gasteiger partial charge in [0.2, 0.25) is 0 Å². The topological polar surface area (TPSA) is 15.3 Å². The summed E-state index contributed by atoms with van der Waals surface area (Å²) in [5.41, 5.74) is -0.225. The number of benzene rings is 1. The van der Waals surface area contributed by atoms with Gasteiger partial charge in [0.15, 0.2) is 0 Å². The smallest absolute Gasteiger partial charge is 0.314 e. The first-order chi connectivity index (χ1) is 9.43. The second kappa shape index (κ2) is 8.99. The number of rotatable bonds is 3. The Kier molecular flexibility index (Phi) is 8.80. The first-order valence-electron chi connectivity index (χ1n) is 6.37. The van der Waals surface area contributed by atoms with Crippen molar-refractivity contribution < 1.29 is 13.2 Å². The first-order valence-corrected chi connectivity index (χ1v) is 6.75. The molecule has 126 valence electrons. The molecule has 1 fully saturated rings. The third kappa shape index (κ3) is 5.03. The normalized spacial score (nSPS) is 17.1. The summed E-state index contributed by atoms with van der Waals surface area (Å²) in [6.07, 6.45) is -2.72. The second-order valence-electron chi connectivity index (χ2n) is 4.70. The maximum Gasteiger partial charge on any atom is 0.416 e. The van der Waals surface area contributed by atoms with Crippen LogP contribution in [0.15, 0.2) is 30.9 Å². The van der Waals surface area contributed by atoms with E-state index in [1.165, 1.54) is 6.07 Å². The number of hydrogen-bond donors (Lipinski definition) is 1. The average molecular weight is 378 g/mol. The Labute approximate surface area is 145 Å². The van der Waals surface area contributed by atoms with E-state index in [0.29, 0.717) is 10.6 Å². The van der Waals surface area contributed by atoms with Crippen LogP contribution in [0.3, 0.4) is 0 Å². The molecule has 1 saturated heterocycles. The van der Waals surface area contributed by atoms with E-state index < -0.39 is 11.7 Å². The molecule has 0 aromatic heterocycles. The van der Waals surface area contributed by atoms with Gasteiger partial charge in [0.25, 0.3) is 0 Å². The minimum atomic E-state index is -4.37. The zero-order chi connectivity index (χ0) is 14.8. The highest BCUT2D eigenvalue weighted by Gasteiger charge is 2.32. The van der Waals surface area contributed by atoms with Gasteiger partial charge >= 0.3 is 6.18 Å². The van der Waals surface area contributed by atoms with Gasteiger partial charge in [-0.25, -0.2) is 0 Å². The van der Waals surface area contributed by atoms with Gasteiger partial charge in [-0.15, -0.1) is 31.4 Å². The number of alkyl halides is 3. The molecule has 22 heavy (non-hydrogen) atoms. The van der Waals surface area contributed by atoms with E-state index in [1.54, 1.807) is 6.08 Å². The summed E-state index contributed by atoms with van der Waals surface area (Å²) in [4.78, 5) is 2.07. The van der Waals surface area contributed by atoms with E-state index in [0.717, 1.165) is 38.3 Å². The lowest BCUT2D eigenvalue weighted by atomic mass is 10.0. The van der Waals surface area contributed by atoms with Crippen molar-refractivity contribution in [2.24, 2.45) is 0 Å². The Hall–Kier alpha value is -0.460. The van der Waals surface area contributed by atoms with Crippen LogP contribution in [0, 0.1) is 0 Å². The molecule has 0 unspecified atom stereocenters. The van der Waals surface area contributed by atoms with Crippen LogP contribution < -0.4 is 5.32 Å². The van der Waals surface area contributed by atoms with Gasteiger partial charge in [0.1, 0.15) is 0 Å². The van der Waals surface area contributed by atoms with Gasteiger partial charge in [0.05, 0.1) is 11.6 Å². The average Bonchev–Trinajstić information content (AvgIpc) is 2.41. The van der Waals surface area contributed by atoms with Gasteiger partial charge in [-0.3, -0.25) is 4.90 Å². The monoisotopic (exact) mass is 376 g/mol. The van der Waals surface area contributed by atoms with Crippen molar-refractivity contribution in [1.29, 1.82) is 0 Å². The van der Waals surface area contributed by atoms with Crippen molar-refractivity contribution >= 4 is 36.4 Å². The lowest BCUT2D eigenvalue weighted by Gasteiger charge is -2.34. The van der Waals surface area contributed by atoms with Crippen LogP contribution in [0.25, 0.3) is 0 Å². The summed E-state index contributed by atoms with van der Waals surface area (Å²) in [6.45, 7) is 6.86. The quantitative estimate of drug-likeness (QED) is 0.789. The second-order valence-corrected chi connectivity index (χ2v) is 5.11. The molecule has 1 N–H and O–H groups in total. The van der Waals surface area contributed by atoms with Crippen molar-refractivity contribution in [3.05, 3.63) is 47.0 Å². The molecule has 0 radical (unpaired) electrons. The van der Waals surface area contributed by atoms with Gasteiger partial charge in [-0.05, 0) is 23.8 Å². The van der Waals surface area contributed by atoms with Crippen LogP contribution in [0.1, 0.15) is 17.2 Å². The van der Waals surface area contributed by atoms with E-state index in [2.05, 4.69) is 16.8 Å². The lowest BCUT2D eigenvalue weighted by Crippen LogP contribution is -2.44. The molecule has 1 heterocycles.